The minimum Gasteiger partial charge on any atom is -0.493 e. The van der Waals surface area contributed by atoms with Crippen molar-refractivity contribution in [1.29, 1.82) is 0 Å². The van der Waals surface area contributed by atoms with Gasteiger partial charge < -0.3 is 19.6 Å². The summed E-state index contributed by atoms with van der Waals surface area (Å²) in [4.78, 5) is 43.7. The first-order valence-corrected chi connectivity index (χ1v) is 12.0. The summed E-state index contributed by atoms with van der Waals surface area (Å²) in [6.45, 7) is 2.00. The van der Waals surface area contributed by atoms with Crippen LogP contribution < -0.4 is 14.9 Å². The number of hydrazone groups is 1. The molecule has 3 aromatic carbocycles. The van der Waals surface area contributed by atoms with Crippen molar-refractivity contribution < 1.29 is 29.0 Å². The number of methoxy groups -OCH3 is 1. The second kappa shape index (κ2) is 12.3. The lowest BCUT2D eigenvalue weighted by Gasteiger charge is -2.11. The Morgan fingerprint density at radius 1 is 0.929 bits per heavy atom. The van der Waals surface area contributed by atoms with E-state index >= 15 is 0 Å². The van der Waals surface area contributed by atoms with E-state index in [1.807, 2.05) is 0 Å². The molecular formula is C26H21N7O9. The van der Waals surface area contributed by atoms with Gasteiger partial charge >= 0.3 is 11.5 Å². The number of rotatable bonds is 11. The summed E-state index contributed by atoms with van der Waals surface area (Å²) in [6, 6.07) is 15.5. The fraction of sp³-hybridized carbons (Fsp3) is 0.115. The van der Waals surface area contributed by atoms with Gasteiger partial charge in [-0.2, -0.15) is 9.78 Å². The number of aromatic nitrogens is 2. The Labute approximate surface area is 236 Å². The number of nitrogens with one attached hydrogen (secondary N) is 1. The maximum absolute atomic E-state index is 12.5. The highest BCUT2D eigenvalue weighted by atomic mass is 16.6. The molecule has 0 saturated carbocycles. The first kappa shape index (κ1) is 28.8. The van der Waals surface area contributed by atoms with Crippen LogP contribution in [0.25, 0.3) is 0 Å². The summed E-state index contributed by atoms with van der Waals surface area (Å²) in [5, 5.41) is 41.1. The minimum atomic E-state index is -0.791. The number of carbonyl (C=O) groups is 1. The van der Waals surface area contributed by atoms with Gasteiger partial charge in [-0.3, -0.25) is 25.0 Å². The fourth-order valence-electron chi connectivity index (χ4n) is 3.72. The molecule has 214 valence electrons. The Morgan fingerprint density at radius 3 is 2.26 bits per heavy atom. The van der Waals surface area contributed by atoms with E-state index in [0.717, 1.165) is 23.8 Å². The van der Waals surface area contributed by atoms with Crippen LogP contribution in [0.4, 0.5) is 17.2 Å². The quantitative estimate of drug-likeness (QED) is 0.150. The van der Waals surface area contributed by atoms with Crippen LogP contribution in [0.2, 0.25) is 0 Å². The first-order chi connectivity index (χ1) is 20.0. The molecule has 1 aromatic heterocycles. The summed E-state index contributed by atoms with van der Waals surface area (Å²) in [5.41, 5.74) is 3.59. The predicted octanol–water partition coefficient (Wildman–Crippen LogP) is 4.53. The van der Waals surface area contributed by atoms with Gasteiger partial charge in [0.1, 0.15) is 0 Å². The van der Waals surface area contributed by atoms with E-state index in [2.05, 4.69) is 15.6 Å². The van der Waals surface area contributed by atoms with Crippen LogP contribution in [0.1, 0.15) is 27.2 Å². The molecule has 1 heterocycles. The number of aryl methyl sites for hydroxylation is 1. The lowest BCUT2D eigenvalue weighted by molar-refractivity contribution is -0.394. The zero-order valence-electron chi connectivity index (χ0n) is 22.0. The Bertz CT molecular complexity index is 1720. The number of nitrogens with zero attached hydrogens (tertiary/aromatic N) is 6. The van der Waals surface area contributed by atoms with Crippen LogP contribution in [-0.4, -0.2) is 43.8 Å². The van der Waals surface area contributed by atoms with Crippen molar-refractivity contribution in [3.8, 4) is 17.2 Å². The summed E-state index contributed by atoms with van der Waals surface area (Å²) >= 11 is 0. The number of nitro benzene ring substituents is 2. The molecule has 0 bridgehead atoms. The maximum Gasteiger partial charge on any atom is 0.390 e. The molecule has 0 saturated heterocycles. The highest BCUT2D eigenvalue weighted by molar-refractivity contribution is 5.95. The first-order valence-electron chi connectivity index (χ1n) is 12.0. The average Bonchev–Trinajstić information content (AvgIpc) is 3.34. The molecule has 0 aliphatic carbocycles. The maximum atomic E-state index is 12.5. The molecule has 0 spiro atoms. The van der Waals surface area contributed by atoms with Crippen LogP contribution in [-0.2, 0) is 6.54 Å². The molecule has 1 amide bonds. The number of nitro groups is 3. The minimum absolute atomic E-state index is 0.107. The highest BCUT2D eigenvalue weighted by Gasteiger charge is 2.22. The monoisotopic (exact) mass is 575 g/mol. The highest BCUT2D eigenvalue weighted by Crippen LogP contribution is 2.38. The standard InChI is InChI=1S/C26H21N7O9/c1-16-11-25(33(39)40)29-30(16)15-17-3-6-19(7-4-17)26(34)28-27-14-18-5-9-23(24(12-18)41-2)42-22-10-8-20(31(35)36)13-21(22)32(37)38/h3-14H,15H2,1-2H3,(H,28,34)/b27-14+. The third-order valence-electron chi connectivity index (χ3n) is 5.84. The normalized spacial score (nSPS) is 10.8. The largest absolute Gasteiger partial charge is 0.493 e. The van der Waals surface area contributed by atoms with Gasteiger partial charge in [0, 0.05) is 11.6 Å². The number of ether oxygens (including phenoxy) is 2. The molecule has 16 heteroatoms. The van der Waals surface area contributed by atoms with Crippen molar-refractivity contribution in [1.82, 2.24) is 15.2 Å². The summed E-state index contributed by atoms with van der Waals surface area (Å²) in [7, 11) is 1.35. The number of non-ortho nitro benzene ring substituents is 1. The van der Waals surface area contributed by atoms with Crippen molar-refractivity contribution >= 4 is 29.3 Å². The zero-order chi connectivity index (χ0) is 30.4. The van der Waals surface area contributed by atoms with E-state index in [1.54, 1.807) is 37.3 Å². The van der Waals surface area contributed by atoms with Crippen LogP contribution in [0.5, 0.6) is 17.2 Å². The zero-order valence-corrected chi connectivity index (χ0v) is 22.0. The SMILES string of the molecule is COc1cc(/C=N/NC(=O)c2ccc(Cn3nc([N+](=O)[O-])cc3C)cc2)ccc1Oc1ccc([N+](=O)[O-])cc1[N+](=O)[O-]. The van der Waals surface area contributed by atoms with Crippen LogP contribution in [0.3, 0.4) is 0 Å². The van der Waals surface area contributed by atoms with E-state index in [4.69, 9.17) is 9.47 Å². The van der Waals surface area contributed by atoms with Crippen molar-refractivity contribution in [3.63, 3.8) is 0 Å². The van der Waals surface area contributed by atoms with Crippen molar-refractivity contribution in [2.75, 3.05) is 7.11 Å². The van der Waals surface area contributed by atoms with Crippen LogP contribution >= 0.6 is 0 Å². The smallest absolute Gasteiger partial charge is 0.390 e. The van der Waals surface area contributed by atoms with Crippen LogP contribution in [0.15, 0.2) is 71.8 Å². The third kappa shape index (κ3) is 6.68. The van der Waals surface area contributed by atoms with Crippen molar-refractivity contribution in [3.05, 3.63) is 119 Å². The van der Waals surface area contributed by atoms with Gasteiger partial charge in [-0.15, -0.1) is 0 Å². The van der Waals surface area contributed by atoms with E-state index in [-0.39, 0.29) is 23.1 Å². The lowest BCUT2D eigenvalue weighted by Crippen LogP contribution is -2.17. The van der Waals surface area contributed by atoms with Gasteiger partial charge in [0.25, 0.3) is 11.6 Å². The van der Waals surface area contributed by atoms with Gasteiger partial charge in [-0.05, 0) is 59.4 Å². The molecule has 4 rings (SSSR count). The lowest BCUT2D eigenvalue weighted by atomic mass is 10.1. The van der Waals surface area contributed by atoms with Gasteiger partial charge in [-0.1, -0.05) is 12.1 Å². The Morgan fingerprint density at radius 2 is 1.64 bits per heavy atom. The Kier molecular flexibility index (Phi) is 8.46. The molecule has 0 unspecified atom stereocenters. The summed E-state index contributed by atoms with van der Waals surface area (Å²) in [6.07, 6.45) is 1.35. The van der Waals surface area contributed by atoms with Crippen molar-refractivity contribution in [2.45, 2.75) is 13.5 Å². The van der Waals surface area contributed by atoms with Gasteiger partial charge in [0.05, 0.1) is 52.6 Å². The Balaban J connectivity index is 1.40. The number of hydrogen-bond acceptors (Lipinski definition) is 11. The molecule has 0 aliphatic rings. The van der Waals surface area contributed by atoms with E-state index in [9.17, 15) is 35.1 Å². The molecular weight excluding hydrogens is 554 g/mol. The summed E-state index contributed by atoms with van der Waals surface area (Å²) in [5.74, 6) is -0.651. The second-order valence-corrected chi connectivity index (χ2v) is 8.63. The van der Waals surface area contributed by atoms with E-state index in [1.165, 1.54) is 36.2 Å². The number of hydrogen-bond donors (Lipinski definition) is 1. The average molecular weight is 575 g/mol. The Hall–Kier alpha value is -6.19. The molecule has 0 radical (unpaired) electrons. The molecule has 16 nitrogen and oxygen atoms in total. The number of carbonyl (C=O) groups excluding carboxylic acids is 1. The fourth-order valence-corrected chi connectivity index (χ4v) is 3.72. The third-order valence-corrected chi connectivity index (χ3v) is 5.84. The molecule has 0 atom stereocenters. The topological polar surface area (TPSA) is 207 Å². The van der Waals surface area contributed by atoms with Gasteiger partial charge in [0.2, 0.25) is 5.75 Å². The van der Waals surface area contributed by atoms with E-state index in [0.29, 0.717) is 23.4 Å². The van der Waals surface area contributed by atoms with Gasteiger partial charge in [0.15, 0.2) is 11.5 Å². The second-order valence-electron chi connectivity index (χ2n) is 8.63. The van der Waals surface area contributed by atoms with Crippen LogP contribution in [0, 0.1) is 37.3 Å². The van der Waals surface area contributed by atoms with Gasteiger partial charge in [-0.25, -0.2) is 5.43 Å². The number of amides is 1. The van der Waals surface area contributed by atoms with Crippen molar-refractivity contribution in [2.24, 2.45) is 5.10 Å². The predicted molar refractivity (Wildman–Crippen MR) is 147 cm³/mol. The number of benzene rings is 3. The molecule has 4 aromatic rings. The van der Waals surface area contributed by atoms with E-state index < -0.39 is 32.1 Å². The molecule has 0 aliphatic heterocycles. The molecule has 42 heavy (non-hydrogen) atoms. The molecule has 0 fully saturated rings. The molecule has 1 N–H and O–H groups in total. The summed E-state index contributed by atoms with van der Waals surface area (Å²) < 4.78 is 12.4.